The first-order valence-corrected chi connectivity index (χ1v) is 8.15. The maximum Gasteiger partial charge on any atom is 0.162 e. The third-order valence-corrected chi connectivity index (χ3v) is 3.65. The number of H-pyrrole nitrogens is 1. The van der Waals surface area contributed by atoms with Crippen LogP contribution in [0.1, 0.15) is 18.3 Å². The second-order valence-corrected chi connectivity index (χ2v) is 5.40. The van der Waals surface area contributed by atoms with Gasteiger partial charge in [-0.05, 0) is 42.8 Å². The van der Waals surface area contributed by atoms with Crippen LogP contribution in [0, 0.1) is 23.7 Å². The second kappa shape index (κ2) is 7.92. The average molecular weight is 343 g/mol. The van der Waals surface area contributed by atoms with Gasteiger partial charge in [0.15, 0.2) is 11.5 Å². The van der Waals surface area contributed by atoms with Crippen molar-refractivity contribution in [2.24, 2.45) is 0 Å². The van der Waals surface area contributed by atoms with Crippen LogP contribution in [0.25, 0.3) is 22.7 Å². The molecule has 0 spiro atoms. The molecule has 0 aliphatic heterocycles. The fourth-order valence-corrected chi connectivity index (χ4v) is 2.52. The number of para-hydroxylation sites is 2. The minimum absolute atomic E-state index is 0.164. The SMILES string of the molecule is C#CCOc1ccc(/C=C(/C#N)c2nc3ccccc3[nH]2)cc1OCC. The molecule has 0 radical (unpaired) electrons. The lowest BCUT2D eigenvalue weighted by Gasteiger charge is -2.11. The summed E-state index contributed by atoms with van der Waals surface area (Å²) in [5, 5.41) is 9.55. The van der Waals surface area contributed by atoms with E-state index in [1.807, 2.05) is 43.3 Å². The lowest BCUT2D eigenvalue weighted by molar-refractivity contribution is 0.299. The molecule has 0 saturated carbocycles. The quantitative estimate of drug-likeness (QED) is 0.542. The molecule has 26 heavy (non-hydrogen) atoms. The van der Waals surface area contributed by atoms with E-state index in [-0.39, 0.29) is 6.61 Å². The molecule has 5 nitrogen and oxygen atoms in total. The van der Waals surface area contributed by atoms with Crippen molar-refractivity contribution in [1.29, 1.82) is 5.26 Å². The van der Waals surface area contributed by atoms with Crippen molar-refractivity contribution in [3.63, 3.8) is 0 Å². The molecule has 0 saturated heterocycles. The summed E-state index contributed by atoms with van der Waals surface area (Å²) in [6, 6.07) is 15.3. The molecule has 0 atom stereocenters. The van der Waals surface area contributed by atoms with Gasteiger partial charge in [0.2, 0.25) is 0 Å². The number of nitriles is 1. The number of ether oxygens (including phenoxy) is 2. The van der Waals surface area contributed by atoms with Crippen molar-refractivity contribution in [3.8, 4) is 29.9 Å². The molecule has 0 fully saturated rings. The summed E-state index contributed by atoms with van der Waals surface area (Å²) >= 11 is 0. The predicted molar refractivity (Wildman–Crippen MR) is 102 cm³/mol. The minimum atomic E-state index is 0.164. The molecule has 0 unspecified atom stereocenters. The highest BCUT2D eigenvalue weighted by Gasteiger charge is 2.10. The molecule has 3 aromatic rings. The first kappa shape index (κ1) is 17.1. The van der Waals surface area contributed by atoms with Gasteiger partial charge >= 0.3 is 0 Å². The normalized spacial score (nSPS) is 11.0. The van der Waals surface area contributed by atoms with Crippen LogP contribution in [0.4, 0.5) is 0 Å². The molecular weight excluding hydrogens is 326 g/mol. The molecular formula is C21H17N3O2. The van der Waals surface area contributed by atoms with Crippen LogP contribution >= 0.6 is 0 Å². The maximum absolute atomic E-state index is 9.55. The van der Waals surface area contributed by atoms with Gasteiger partial charge in [-0.2, -0.15) is 5.26 Å². The van der Waals surface area contributed by atoms with Crippen molar-refractivity contribution in [1.82, 2.24) is 9.97 Å². The van der Waals surface area contributed by atoms with E-state index in [1.165, 1.54) is 0 Å². The van der Waals surface area contributed by atoms with E-state index in [0.29, 0.717) is 29.5 Å². The Hall–Kier alpha value is -3.70. The number of hydrogen-bond acceptors (Lipinski definition) is 4. The number of imidazole rings is 1. The highest BCUT2D eigenvalue weighted by molar-refractivity contribution is 5.90. The van der Waals surface area contributed by atoms with Gasteiger partial charge in [-0.3, -0.25) is 0 Å². The summed E-state index contributed by atoms with van der Waals surface area (Å²) in [7, 11) is 0. The topological polar surface area (TPSA) is 70.9 Å². The van der Waals surface area contributed by atoms with Crippen LogP contribution in [-0.4, -0.2) is 23.2 Å². The molecule has 128 valence electrons. The zero-order valence-electron chi connectivity index (χ0n) is 14.3. The summed E-state index contributed by atoms with van der Waals surface area (Å²) in [4.78, 5) is 7.64. The largest absolute Gasteiger partial charge is 0.490 e. The molecule has 0 bridgehead atoms. The van der Waals surface area contributed by atoms with Gasteiger partial charge in [-0.1, -0.05) is 24.1 Å². The number of fused-ring (bicyclic) bond motifs is 1. The van der Waals surface area contributed by atoms with Crippen LogP contribution in [0.2, 0.25) is 0 Å². The summed E-state index contributed by atoms with van der Waals surface area (Å²) in [5.41, 5.74) is 2.94. The van der Waals surface area contributed by atoms with E-state index in [9.17, 15) is 5.26 Å². The van der Waals surface area contributed by atoms with Crippen molar-refractivity contribution >= 4 is 22.7 Å². The number of nitrogens with one attached hydrogen (secondary N) is 1. The third-order valence-electron chi connectivity index (χ3n) is 3.65. The summed E-state index contributed by atoms with van der Waals surface area (Å²) < 4.78 is 11.1. The van der Waals surface area contributed by atoms with E-state index in [0.717, 1.165) is 16.6 Å². The van der Waals surface area contributed by atoms with E-state index >= 15 is 0 Å². The number of nitrogens with zero attached hydrogens (tertiary/aromatic N) is 2. The molecule has 5 heteroatoms. The maximum atomic E-state index is 9.55. The Morgan fingerprint density at radius 1 is 1.23 bits per heavy atom. The Balaban J connectivity index is 1.97. The molecule has 0 aliphatic carbocycles. The van der Waals surface area contributed by atoms with Gasteiger partial charge in [0.05, 0.1) is 23.2 Å². The highest BCUT2D eigenvalue weighted by atomic mass is 16.5. The summed E-state index contributed by atoms with van der Waals surface area (Å²) in [6.45, 7) is 2.55. The van der Waals surface area contributed by atoms with Crippen LogP contribution < -0.4 is 9.47 Å². The van der Waals surface area contributed by atoms with E-state index < -0.39 is 0 Å². The lowest BCUT2D eigenvalue weighted by atomic mass is 10.1. The Bertz CT molecular complexity index is 1000. The standard InChI is InChI=1S/C21H17N3O2/c1-3-11-26-19-10-9-15(13-20(19)25-4-2)12-16(14-22)21-23-17-7-5-6-8-18(17)24-21/h1,5-10,12-13H,4,11H2,2H3,(H,23,24)/b16-12-. The highest BCUT2D eigenvalue weighted by Crippen LogP contribution is 2.30. The van der Waals surface area contributed by atoms with E-state index in [4.69, 9.17) is 15.9 Å². The van der Waals surface area contributed by atoms with Gasteiger partial charge in [0.25, 0.3) is 0 Å². The molecule has 1 N–H and O–H groups in total. The molecule has 0 aliphatic rings. The number of rotatable bonds is 6. The van der Waals surface area contributed by atoms with Crippen LogP contribution in [0.5, 0.6) is 11.5 Å². The van der Waals surface area contributed by atoms with Gasteiger partial charge in [-0.15, -0.1) is 6.42 Å². The number of hydrogen-bond donors (Lipinski definition) is 1. The molecule has 1 heterocycles. The van der Waals surface area contributed by atoms with Gasteiger partial charge in [0.1, 0.15) is 18.5 Å². The smallest absolute Gasteiger partial charge is 0.162 e. The first-order chi connectivity index (χ1) is 12.7. The van der Waals surface area contributed by atoms with Crippen LogP contribution in [-0.2, 0) is 0 Å². The molecule has 3 rings (SSSR count). The predicted octanol–water partition coefficient (Wildman–Crippen LogP) is 4.04. The van der Waals surface area contributed by atoms with Gasteiger partial charge in [-0.25, -0.2) is 4.98 Å². The molecule has 2 aromatic carbocycles. The number of aromatic amines is 1. The zero-order valence-corrected chi connectivity index (χ0v) is 14.3. The van der Waals surface area contributed by atoms with E-state index in [1.54, 1.807) is 12.1 Å². The molecule has 1 aromatic heterocycles. The van der Waals surface area contributed by atoms with Crippen molar-refractivity contribution in [2.45, 2.75) is 6.92 Å². The number of benzene rings is 2. The lowest BCUT2D eigenvalue weighted by Crippen LogP contribution is -1.99. The number of aromatic nitrogens is 2. The van der Waals surface area contributed by atoms with Crippen molar-refractivity contribution < 1.29 is 9.47 Å². The van der Waals surface area contributed by atoms with Crippen LogP contribution in [0.3, 0.4) is 0 Å². The first-order valence-electron chi connectivity index (χ1n) is 8.15. The second-order valence-electron chi connectivity index (χ2n) is 5.40. The van der Waals surface area contributed by atoms with Crippen molar-refractivity contribution in [2.75, 3.05) is 13.2 Å². The Morgan fingerprint density at radius 2 is 2.08 bits per heavy atom. The summed E-state index contributed by atoms with van der Waals surface area (Å²) in [6.07, 6.45) is 6.99. The number of terminal acetylenes is 1. The zero-order chi connectivity index (χ0) is 18.4. The summed E-state index contributed by atoms with van der Waals surface area (Å²) in [5.74, 6) is 4.11. The Kier molecular flexibility index (Phi) is 5.22. The number of allylic oxidation sites excluding steroid dienone is 1. The molecule has 0 amide bonds. The monoisotopic (exact) mass is 343 g/mol. The van der Waals surface area contributed by atoms with Crippen molar-refractivity contribution in [3.05, 3.63) is 53.9 Å². The van der Waals surface area contributed by atoms with Gasteiger partial charge in [0, 0.05) is 0 Å². The Labute approximate surface area is 151 Å². The van der Waals surface area contributed by atoms with Gasteiger partial charge < -0.3 is 14.5 Å². The fourth-order valence-electron chi connectivity index (χ4n) is 2.52. The average Bonchev–Trinajstić information content (AvgIpc) is 3.09. The Morgan fingerprint density at radius 3 is 2.81 bits per heavy atom. The third kappa shape index (κ3) is 3.68. The minimum Gasteiger partial charge on any atom is -0.490 e. The van der Waals surface area contributed by atoms with Crippen LogP contribution in [0.15, 0.2) is 42.5 Å². The van der Waals surface area contributed by atoms with E-state index in [2.05, 4.69) is 22.0 Å². The fraction of sp³-hybridized carbons (Fsp3) is 0.143.